The van der Waals surface area contributed by atoms with Crippen LogP contribution < -0.4 is 16.0 Å². The maximum absolute atomic E-state index is 13.1. The second kappa shape index (κ2) is 13.4. The number of rotatable bonds is 11. The predicted molar refractivity (Wildman–Crippen MR) is 172 cm³/mol. The lowest BCUT2D eigenvalue weighted by atomic mass is 9.94. The van der Waals surface area contributed by atoms with Gasteiger partial charge in [0.1, 0.15) is 17.3 Å². The monoisotopic (exact) mass is 634 g/mol. The fraction of sp³-hybridized carbons (Fsp3) is 0.286. The molecule has 12 heteroatoms. The molecule has 1 saturated heterocycles. The molecular weight excluding hydrogens is 600 g/mol. The highest BCUT2D eigenvalue weighted by atomic mass is 16.3. The molecule has 0 radical (unpaired) electrons. The molecule has 12 nitrogen and oxygen atoms in total. The molecule has 0 saturated carbocycles. The van der Waals surface area contributed by atoms with Gasteiger partial charge in [-0.15, -0.1) is 0 Å². The average Bonchev–Trinajstić information content (AvgIpc) is 3.32. The number of carbonyl (C=O) groups is 5. The predicted octanol–water partition coefficient (Wildman–Crippen LogP) is 3.92. The highest BCUT2D eigenvalue weighted by Crippen LogP contribution is 2.36. The molecule has 4 heterocycles. The van der Waals surface area contributed by atoms with Crippen molar-refractivity contribution in [1.29, 1.82) is 0 Å². The highest BCUT2D eigenvalue weighted by Gasteiger charge is 2.44. The van der Waals surface area contributed by atoms with Gasteiger partial charge in [-0.2, -0.15) is 0 Å². The summed E-state index contributed by atoms with van der Waals surface area (Å²) in [5, 5.41) is 20.5. The summed E-state index contributed by atoms with van der Waals surface area (Å²) in [5.41, 5.74) is 3.80. The first-order chi connectivity index (χ1) is 22.7. The van der Waals surface area contributed by atoms with Crippen LogP contribution in [0.3, 0.4) is 0 Å². The Morgan fingerprint density at radius 2 is 1.83 bits per heavy atom. The Kier molecular flexibility index (Phi) is 8.92. The number of aromatic nitrogens is 2. The van der Waals surface area contributed by atoms with Crippen LogP contribution in [0.1, 0.15) is 82.0 Å². The fourth-order valence-corrected chi connectivity index (χ4v) is 6.17. The van der Waals surface area contributed by atoms with Crippen LogP contribution >= 0.6 is 0 Å². The van der Waals surface area contributed by atoms with Crippen LogP contribution in [0.5, 0.6) is 5.75 Å². The SMILES string of the molecule is Cc1cc(C(NC(=O)CCCCCNc2ccc3c(c2)C(=O)N(C2CCC(=O)NC2=O)C3=O)c2cccnc2)c(O)c2ncccc12. The number of carbonyl (C=O) groups excluding carboxylic acids is 5. The average molecular weight is 635 g/mol. The van der Waals surface area contributed by atoms with Gasteiger partial charge in [-0.1, -0.05) is 18.6 Å². The zero-order valence-electron chi connectivity index (χ0n) is 25.8. The van der Waals surface area contributed by atoms with Gasteiger partial charge in [-0.3, -0.25) is 44.2 Å². The quantitative estimate of drug-likeness (QED) is 0.141. The summed E-state index contributed by atoms with van der Waals surface area (Å²) < 4.78 is 0. The molecule has 240 valence electrons. The van der Waals surface area contributed by atoms with E-state index < -0.39 is 35.7 Å². The topological polar surface area (TPSA) is 171 Å². The lowest BCUT2D eigenvalue weighted by Crippen LogP contribution is -2.54. The van der Waals surface area contributed by atoms with Crippen molar-refractivity contribution in [2.24, 2.45) is 0 Å². The Labute approximate surface area is 270 Å². The molecule has 2 atom stereocenters. The van der Waals surface area contributed by atoms with Crippen LogP contribution in [-0.2, 0) is 14.4 Å². The van der Waals surface area contributed by atoms with E-state index in [4.69, 9.17) is 0 Å². The third kappa shape index (κ3) is 6.39. The van der Waals surface area contributed by atoms with Crippen molar-refractivity contribution < 1.29 is 29.1 Å². The van der Waals surface area contributed by atoms with E-state index in [2.05, 4.69) is 25.9 Å². The van der Waals surface area contributed by atoms with Gasteiger partial charge in [0.25, 0.3) is 11.8 Å². The van der Waals surface area contributed by atoms with E-state index in [1.54, 1.807) is 42.9 Å². The summed E-state index contributed by atoms with van der Waals surface area (Å²) in [7, 11) is 0. The van der Waals surface area contributed by atoms with Crippen LogP contribution in [0.25, 0.3) is 10.9 Å². The summed E-state index contributed by atoms with van der Waals surface area (Å²) in [4.78, 5) is 72.4. The lowest BCUT2D eigenvalue weighted by molar-refractivity contribution is -0.136. The van der Waals surface area contributed by atoms with Crippen molar-refractivity contribution in [3.8, 4) is 5.75 Å². The smallest absolute Gasteiger partial charge is 0.262 e. The number of imide groups is 2. The molecule has 2 aromatic carbocycles. The maximum atomic E-state index is 13.1. The van der Waals surface area contributed by atoms with E-state index in [0.717, 1.165) is 34.3 Å². The number of aromatic hydroxyl groups is 1. The number of unbranched alkanes of at least 4 members (excludes halogenated alkanes) is 2. The third-order valence-corrected chi connectivity index (χ3v) is 8.59. The molecule has 0 aliphatic carbocycles. The number of fused-ring (bicyclic) bond motifs is 2. The largest absolute Gasteiger partial charge is 0.505 e. The van der Waals surface area contributed by atoms with Crippen LogP contribution in [0, 0.1) is 6.92 Å². The van der Waals surface area contributed by atoms with Gasteiger partial charge in [0.15, 0.2) is 0 Å². The summed E-state index contributed by atoms with van der Waals surface area (Å²) in [6, 6.07) is 12.5. The van der Waals surface area contributed by atoms with Gasteiger partial charge in [-0.25, -0.2) is 0 Å². The molecule has 5 amide bonds. The molecule has 47 heavy (non-hydrogen) atoms. The molecule has 6 rings (SSSR count). The van der Waals surface area contributed by atoms with E-state index in [1.165, 1.54) is 0 Å². The number of aryl methyl sites for hydroxylation is 1. The number of benzene rings is 2. The second-order valence-corrected chi connectivity index (χ2v) is 11.8. The van der Waals surface area contributed by atoms with Gasteiger partial charge in [0, 0.05) is 54.6 Å². The molecule has 2 aliphatic rings. The van der Waals surface area contributed by atoms with Crippen LogP contribution in [-0.4, -0.2) is 62.1 Å². The number of piperidine rings is 1. The standard InChI is InChI=1S/C35H34N6O6/c1-20-17-26(32(44)31-23(20)8-6-16-38-31)30(21-7-5-14-36-19-21)39-28(42)9-3-2-4-15-37-22-10-11-24-25(18-22)35(47)41(34(24)46)27-12-13-29(43)40-33(27)45/h5-8,10-11,14,16-19,27,30,37,44H,2-4,9,12-13,15H2,1H3,(H,39,42)(H,40,43,45). The molecule has 0 bridgehead atoms. The molecule has 2 unspecified atom stereocenters. The number of phenolic OH excluding ortho intramolecular Hbond substituents is 1. The van der Waals surface area contributed by atoms with Crippen LogP contribution in [0.4, 0.5) is 5.69 Å². The summed E-state index contributed by atoms with van der Waals surface area (Å²) >= 11 is 0. The minimum absolute atomic E-state index is 0.0210. The number of anilines is 1. The van der Waals surface area contributed by atoms with Crippen molar-refractivity contribution in [1.82, 2.24) is 25.5 Å². The van der Waals surface area contributed by atoms with Crippen LogP contribution in [0.15, 0.2) is 67.1 Å². The van der Waals surface area contributed by atoms with Gasteiger partial charge in [0.2, 0.25) is 17.7 Å². The second-order valence-electron chi connectivity index (χ2n) is 11.8. The van der Waals surface area contributed by atoms with Gasteiger partial charge < -0.3 is 15.7 Å². The van der Waals surface area contributed by atoms with Crippen molar-refractivity contribution in [3.05, 3.63) is 94.9 Å². The minimum Gasteiger partial charge on any atom is -0.505 e. The number of nitrogens with one attached hydrogen (secondary N) is 3. The number of phenols is 1. The molecular formula is C35H34N6O6. The van der Waals surface area contributed by atoms with E-state index in [0.29, 0.717) is 29.7 Å². The summed E-state index contributed by atoms with van der Waals surface area (Å²) in [5.74, 6) is -2.30. The Bertz CT molecular complexity index is 1890. The zero-order valence-corrected chi connectivity index (χ0v) is 25.8. The van der Waals surface area contributed by atoms with Gasteiger partial charge >= 0.3 is 0 Å². The number of amides is 5. The third-order valence-electron chi connectivity index (χ3n) is 8.59. The van der Waals surface area contributed by atoms with Gasteiger partial charge in [0.05, 0.1) is 17.2 Å². The van der Waals surface area contributed by atoms with Gasteiger partial charge in [-0.05, 0) is 73.7 Å². The molecule has 4 N–H and O–H groups in total. The van der Waals surface area contributed by atoms with E-state index in [9.17, 15) is 29.1 Å². The number of nitrogens with zero attached hydrogens (tertiary/aromatic N) is 3. The number of hydrogen-bond donors (Lipinski definition) is 4. The first-order valence-electron chi connectivity index (χ1n) is 15.6. The lowest BCUT2D eigenvalue weighted by Gasteiger charge is -2.27. The molecule has 4 aromatic rings. The zero-order chi connectivity index (χ0) is 33.1. The highest BCUT2D eigenvalue weighted by molar-refractivity contribution is 6.23. The van der Waals surface area contributed by atoms with E-state index in [-0.39, 0.29) is 42.0 Å². The van der Waals surface area contributed by atoms with Crippen LogP contribution in [0.2, 0.25) is 0 Å². The van der Waals surface area contributed by atoms with Crippen molar-refractivity contribution in [2.75, 3.05) is 11.9 Å². The molecule has 2 aromatic heterocycles. The molecule has 0 spiro atoms. The Morgan fingerprint density at radius 3 is 2.62 bits per heavy atom. The van der Waals surface area contributed by atoms with Crippen molar-refractivity contribution >= 4 is 46.1 Å². The number of pyridine rings is 2. The summed E-state index contributed by atoms with van der Waals surface area (Å²) in [6.07, 6.45) is 7.55. The first kappa shape index (κ1) is 31.3. The Hall–Kier alpha value is -5.65. The van der Waals surface area contributed by atoms with Crippen molar-refractivity contribution in [3.63, 3.8) is 0 Å². The van der Waals surface area contributed by atoms with E-state index in [1.807, 2.05) is 31.2 Å². The summed E-state index contributed by atoms with van der Waals surface area (Å²) in [6.45, 7) is 2.52. The van der Waals surface area contributed by atoms with E-state index >= 15 is 0 Å². The number of hydrogen-bond acceptors (Lipinski definition) is 9. The fourth-order valence-electron chi connectivity index (χ4n) is 6.17. The minimum atomic E-state index is -1.01. The maximum Gasteiger partial charge on any atom is 0.262 e. The Balaban J connectivity index is 1.02. The molecule has 2 aliphatic heterocycles. The first-order valence-corrected chi connectivity index (χ1v) is 15.6. The normalized spacial score (nSPS) is 16.6. The Morgan fingerprint density at radius 1 is 1.02 bits per heavy atom. The molecule has 1 fully saturated rings. The van der Waals surface area contributed by atoms with Crippen molar-refractivity contribution in [2.45, 2.75) is 57.5 Å².